The molecular weight excluding hydrogens is 164 g/mol. The van der Waals surface area contributed by atoms with Crippen LogP contribution < -0.4 is 5.32 Å². The van der Waals surface area contributed by atoms with Gasteiger partial charge in [-0.3, -0.25) is 4.98 Å². The number of rotatable bonds is 4. The van der Waals surface area contributed by atoms with Gasteiger partial charge in [0.1, 0.15) is 0 Å². The molecule has 72 valence electrons. The lowest BCUT2D eigenvalue weighted by atomic mass is 9.99. The van der Waals surface area contributed by atoms with E-state index >= 15 is 0 Å². The topological polar surface area (TPSA) is 45.2 Å². The summed E-state index contributed by atoms with van der Waals surface area (Å²) in [5.74, 6) is 0.0752. The molecule has 1 heterocycles. The minimum atomic E-state index is -0.373. The third kappa shape index (κ3) is 2.79. The maximum absolute atomic E-state index is 9.52. The first-order chi connectivity index (χ1) is 6.25. The Morgan fingerprint density at radius 2 is 2.31 bits per heavy atom. The van der Waals surface area contributed by atoms with Gasteiger partial charge in [-0.05, 0) is 26.1 Å². The van der Waals surface area contributed by atoms with Crippen LogP contribution in [0, 0.1) is 0 Å². The lowest BCUT2D eigenvalue weighted by molar-refractivity contribution is 0.159. The number of nitrogens with one attached hydrogen (secondary N) is 1. The first kappa shape index (κ1) is 10.2. The van der Waals surface area contributed by atoms with Crippen molar-refractivity contribution in [2.24, 2.45) is 0 Å². The molecule has 1 rings (SSSR count). The minimum absolute atomic E-state index is 0.0752. The summed E-state index contributed by atoms with van der Waals surface area (Å²) in [7, 11) is 1.87. The number of likely N-dealkylation sites (N-methyl/N-ethyl adjacent to an activating group) is 1. The average molecular weight is 180 g/mol. The standard InChI is InChI=1S/C10H16N2O/c1-8(13)9(7-11-2)10-5-3-4-6-12-10/h3-6,8-9,11,13H,7H2,1-2H3. The van der Waals surface area contributed by atoms with E-state index in [-0.39, 0.29) is 12.0 Å². The Balaban J connectivity index is 2.76. The van der Waals surface area contributed by atoms with Crippen molar-refractivity contribution in [2.75, 3.05) is 13.6 Å². The molecule has 0 aliphatic rings. The van der Waals surface area contributed by atoms with E-state index in [0.29, 0.717) is 0 Å². The SMILES string of the molecule is CNCC(c1ccccn1)C(C)O. The summed E-state index contributed by atoms with van der Waals surface area (Å²) in [5, 5.41) is 12.6. The molecule has 2 N–H and O–H groups in total. The third-order valence-electron chi connectivity index (χ3n) is 2.07. The molecule has 0 aliphatic carbocycles. The van der Waals surface area contributed by atoms with Gasteiger partial charge in [0, 0.05) is 24.4 Å². The number of hydrogen-bond acceptors (Lipinski definition) is 3. The van der Waals surface area contributed by atoms with Crippen LogP contribution >= 0.6 is 0 Å². The minimum Gasteiger partial charge on any atom is -0.393 e. The van der Waals surface area contributed by atoms with Crippen molar-refractivity contribution < 1.29 is 5.11 Å². The largest absolute Gasteiger partial charge is 0.393 e. The summed E-state index contributed by atoms with van der Waals surface area (Å²) in [6.07, 6.45) is 1.38. The molecule has 0 fully saturated rings. The quantitative estimate of drug-likeness (QED) is 0.719. The van der Waals surface area contributed by atoms with Crippen molar-refractivity contribution in [3.8, 4) is 0 Å². The van der Waals surface area contributed by atoms with E-state index in [2.05, 4.69) is 10.3 Å². The number of nitrogens with zero attached hydrogens (tertiary/aromatic N) is 1. The third-order valence-corrected chi connectivity index (χ3v) is 2.07. The smallest absolute Gasteiger partial charge is 0.0608 e. The van der Waals surface area contributed by atoms with Gasteiger partial charge >= 0.3 is 0 Å². The van der Waals surface area contributed by atoms with Crippen LogP contribution in [0.15, 0.2) is 24.4 Å². The van der Waals surface area contributed by atoms with E-state index < -0.39 is 0 Å². The lowest BCUT2D eigenvalue weighted by Crippen LogP contribution is -2.26. The Morgan fingerprint density at radius 3 is 2.77 bits per heavy atom. The Morgan fingerprint density at radius 1 is 1.54 bits per heavy atom. The summed E-state index contributed by atoms with van der Waals surface area (Å²) in [5.41, 5.74) is 0.937. The van der Waals surface area contributed by atoms with Crippen LogP contribution in [0.25, 0.3) is 0 Å². The van der Waals surface area contributed by atoms with E-state index in [1.54, 1.807) is 13.1 Å². The molecule has 2 atom stereocenters. The van der Waals surface area contributed by atoms with E-state index in [1.165, 1.54) is 0 Å². The van der Waals surface area contributed by atoms with Gasteiger partial charge < -0.3 is 10.4 Å². The van der Waals surface area contributed by atoms with Crippen LogP contribution in [0.4, 0.5) is 0 Å². The first-order valence-electron chi connectivity index (χ1n) is 4.49. The molecule has 3 nitrogen and oxygen atoms in total. The molecule has 0 amide bonds. The molecule has 13 heavy (non-hydrogen) atoms. The number of hydrogen-bond donors (Lipinski definition) is 2. The van der Waals surface area contributed by atoms with Crippen molar-refractivity contribution in [3.05, 3.63) is 30.1 Å². The van der Waals surface area contributed by atoms with E-state index in [0.717, 1.165) is 12.2 Å². The average Bonchev–Trinajstić information content (AvgIpc) is 2.15. The molecule has 1 aromatic heterocycles. The van der Waals surface area contributed by atoms with Crippen molar-refractivity contribution in [1.29, 1.82) is 0 Å². The molecule has 0 saturated heterocycles. The normalized spacial score (nSPS) is 15.3. The van der Waals surface area contributed by atoms with Crippen LogP contribution in [0.2, 0.25) is 0 Å². The number of aromatic nitrogens is 1. The highest BCUT2D eigenvalue weighted by Gasteiger charge is 2.16. The number of aliphatic hydroxyl groups is 1. The zero-order valence-corrected chi connectivity index (χ0v) is 8.07. The van der Waals surface area contributed by atoms with Crippen LogP contribution in [0.3, 0.4) is 0 Å². The Labute approximate surface area is 78.8 Å². The fraction of sp³-hybridized carbons (Fsp3) is 0.500. The van der Waals surface area contributed by atoms with Crippen LogP contribution in [-0.4, -0.2) is 29.8 Å². The molecule has 0 saturated carbocycles. The predicted molar refractivity (Wildman–Crippen MR) is 52.6 cm³/mol. The summed E-state index contributed by atoms with van der Waals surface area (Å²) in [4.78, 5) is 4.22. The van der Waals surface area contributed by atoms with Gasteiger partial charge in [0.25, 0.3) is 0 Å². The molecule has 0 aromatic carbocycles. The fourth-order valence-corrected chi connectivity index (χ4v) is 1.34. The molecule has 2 unspecified atom stereocenters. The number of pyridine rings is 1. The maximum atomic E-state index is 9.52. The van der Waals surface area contributed by atoms with Gasteiger partial charge in [0.2, 0.25) is 0 Å². The highest BCUT2D eigenvalue weighted by atomic mass is 16.3. The first-order valence-corrected chi connectivity index (χ1v) is 4.49. The molecule has 0 radical (unpaired) electrons. The molecule has 1 aromatic rings. The zero-order chi connectivity index (χ0) is 9.68. The van der Waals surface area contributed by atoms with Crippen LogP contribution in [0.1, 0.15) is 18.5 Å². The molecular formula is C10H16N2O. The van der Waals surface area contributed by atoms with Gasteiger partial charge in [-0.2, -0.15) is 0 Å². The maximum Gasteiger partial charge on any atom is 0.0608 e. The molecule has 0 bridgehead atoms. The second-order valence-corrected chi connectivity index (χ2v) is 3.16. The predicted octanol–water partition coefficient (Wildman–Crippen LogP) is 0.765. The molecule has 0 spiro atoms. The van der Waals surface area contributed by atoms with Gasteiger partial charge in [-0.1, -0.05) is 6.07 Å². The van der Waals surface area contributed by atoms with Crippen molar-refractivity contribution in [3.63, 3.8) is 0 Å². The van der Waals surface area contributed by atoms with Gasteiger partial charge in [0.05, 0.1) is 6.10 Å². The highest BCUT2D eigenvalue weighted by Crippen LogP contribution is 2.15. The van der Waals surface area contributed by atoms with E-state index in [4.69, 9.17) is 0 Å². The van der Waals surface area contributed by atoms with E-state index in [1.807, 2.05) is 25.2 Å². The summed E-state index contributed by atoms with van der Waals surface area (Å²) >= 11 is 0. The molecule has 3 heteroatoms. The summed E-state index contributed by atoms with van der Waals surface area (Å²) in [6, 6.07) is 5.75. The van der Waals surface area contributed by atoms with Crippen LogP contribution in [-0.2, 0) is 0 Å². The van der Waals surface area contributed by atoms with Gasteiger partial charge in [0.15, 0.2) is 0 Å². The Kier molecular flexibility index (Phi) is 3.86. The summed E-state index contributed by atoms with van der Waals surface area (Å²) < 4.78 is 0. The van der Waals surface area contributed by atoms with Crippen LogP contribution in [0.5, 0.6) is 0 Å². The van der Waals surface area contributed by atoms with Crippen molar-refractivity contribution in [2.45, 2.75) is 18.9 Å². The second kappa shape index (κ2) is 4.94. The lowest BCUT2D eigenvalue weighted by Gasteiger charge is -2.18. The Hall–Kier alpha value is -0.930. The highest BCUT2D eigenvalue weighted by molar-refractivity contribution is 5.11. The Bertz CT molecular complexity index is 236. The van der Waals surface area contributed by atoms with Crippen molar-refractivity contribution in [1.82, 2.24) is 10.3 Å². The van der Waals surface area contributed by atoms with Gasteiger partial charge in [-0.25, -0.2) is 0 Å². The summed E-state index contributed by atoms with van der Waals surface area (Å²) in [6.45, 7) is 2.53. The van der Waals surface area contributed by atoms with Gasteiger partial charge in [-0.15, -0.1) is 0 Å². The van der Waals surface area contributed by atoms with Crippen molar-refractivity contribution >= 4 is 0 Å². The second-order valence-electron chi connectivity index (χ2n) is 3.16. The molecule has 0 aliphatic heterocycles. The fourth-order valence-electron chi connectivity index (χ4n) is 1.34. The monoisotopic (exact) mass is 180 g/mol. The van der Waals surface area contributed by atoms with E-state index in [9.17, 15) is 5.11 Å². The zero-order valence-electron chi connectivity index (χ0n) is 8.07. The number of aliphatic hydroxyl groups excluding tert-OH is 1.